The second-order valence-corrected chi connectivity index (χ2v) is 7.52. The van der Waals surface area contributed by atoms with E-state index in [1.54, 1.807) is 14.2 Å². The Bertz CT molecular complexity index is 734. The third kappa shape index (κ3) is 3.18. The average molecular weight is 352 g/mol. The Hall–Kier alpha value is -2.07. The SMILES string of the molecule is COc1ccc([C@H]2[C@H]3CCCC[C@H]3[C@@H]2NCc2cccnc2)cc1OC. The van der Waals surface area contributed by atoms with E-state index in [-0.39, 0.29) is 0 Å². The summed E-state index contributed by atoms with van der Waals surface area (Å²) in [6.07, 6.45) is 9.20. The van der Waals surface area contributed by atoms with E-state index in [0.29, 0.717) is 12.0 Å². The molecule has 0 amide bonds. The largest absolute Gasteiger partial charge is 0.493 e. The lowest BCUT2D eigenvalue weighted by atomic mass is 9.53. The van der Waals surface area contributed by atoms with Crippen molar-refractivity contribution < 1.29 is 9.47 Å². The molecule has 1 aromatic carbocycles. The van der Waals surface area contributed by atoms with Gasteiger partial charge in [-0.3, -0.25) is 4.98 Å². The zero-order valence-electron chi connectivity index (χ0n) is 15.7. The molecule has 4 atom stereocenters. The fraction of sp³-hybridized carbons (Fsp3) is 0.500. The molecule has 0 saturated heterocycles. The summed E-state index contributed by atoms with van der Waals surface area (Å²) >= 11 is 0. The van der Waals surface area contributed by atoms with Gasteiger partial charge in [0.05, 0.1) is 14.2 Å². The fourth-order valence-corrected chi connectivity index (χ4v) is 5.00. The second-order valence-electron chi connectivity index (χ2n) is 7.52. The number of methoxy groups -OCH3 is 2. The molecular weight excluding hydrogens is 324 g/mol. The predicted molar refractivity (Wildman–Crippen MR) is 103 cm³/mol. The number of nitrogens with one attached hydrogen (secondary N) is 1. The molecule has 1 aromatic heterocycles. The maximum Gasteiger partial charge on any atom is 0.160 e. The van der Waals surface area contributed by atoms with Crippen molar-refractivity contribution in [2.24, 2.45) is 11.8 Å². The maximum absolute atomic E-state index is 5.54. The number of fused-ring (bicyclic) bond motifs is 1. The van der Waals surface area contributed by atoms with Gasteiger partial charge in [0.1, 0.15) is 0 Å². The number of nitrogens with zero attached hydrogens (tertiary/aromatic N) is 1. The van der Waals surface area contributed by atoms with Gasteiger partial charge in [-0.25, -0.2) is 0 Å². The lowest BCUT2D eigenvalue weighted by Gasteiger charge is -2.55. The van der Waals surface area contributed by atoms with Crippen LogP contribution in [0.1, 0.15) is 42.7 Å². The monoisotopic (exact) mass is 352 g/mol. The van der Waals surface area contributed by atoms with Crippen LogP contribution in [0.3, 0.4) is 0 Å². The summed E-state index contributed by atoms with van der Waals surface area (Å²) < 4.78 is 11.0. The van der Waals surface area contributed by atoms with Crippen LogP contribution in [0.5, 0.6) is 11.5 Å². The van der Waals surface area contributed by atoms with Crippen molar-refractivity contribution in [3.63, 3.8) is 0 Å². The molecule has 0 bridgehead atoms. The van der Waals surface area contributed by atoms with Crippen LogP contribution in [0.2, 0.25) is 0 Å². The van der Waals surface area contributed by atoms with Gasteiger partial charge < -0.3 is 14.8 Å². The van der Waals surface area contributed by atoms with Crippen LogP contribution in [-0.2, 0) is 6.54 Å². The molecule has 2 saturated carbocycles. The maximum atomic E-state index is 5.54. The van der Waals surface area contributed by atoms with Crippen LogP contribution in [0, 0.1) is 11.8 Å². The predicted octanol–water partition coefficient (Wildman–Crippen LogP) is 4.16. The van der Waals surface area contributed by atoms with E-state index in [0.717, 1.165) is 29.9 Å². The molecule has 26 heavy (non-hydrogen) atoms. The van der Waals surface area contributed by atoms with Gasteiger partial charge in [0.15, 0.2) is 11.5 Å². The minimum atomic E-state index is 0.526. The van der Waals surface area contributed by atoms with Gasteiger partial charge >= 0.3 is 0 Å². The highest BCUT2D eigenvalue weighted by molar-refractivity contribution is 5.45. The minimum absolute atomic E-state index is 0.526. The van der Waals surface area contributed by atoms with Crippen LogP contribution >= 0.6 is 0 Å². The standard InChI is InChI=1S/C22H28N2O2/c1-25-19-10-9-16(12-20(19)26-2)21-17-7-3-4-8-18(17)22(21)24-14-15-6-5-11-23-13-15/h5-6,9-13,17-18,21-22,24H,3-4,7-8,14H2,1-2H3/t17-,18+,21-,22-/m0/s1. The average Bonchev–Trinajstić information content (AvgIpc) is 2.69. The molecule has 0 spiro atoms. The Morgan fingerprint density at radius 2 is 1.85 bits per heavy atom. The van der Waals surface area contributed by atoms with E-state index in [4.69, 9.17) is 9.47 Å². The zero-order valence-corrected chi connectivity index (χ0v) is 15.7. The molecule has 2 fully saturated rings. The molecule has 2 aliphatic carbocycles. The van der Waals surface area contributed by atoms with Gasteiger partial charge in [-0.1, -0.05) is 25.0 Å². The first-order chi connectivity index (χ1) is 12.8. The normalized spacial score (nSPS) is 27.3. The summed E-state index contributed by atoms with van der Waals surface area (Å²) in [5.74, 6) is 3.76. The van der Waals surface area contributed by atoms with Crippen molar-refractivity contribution in [2.75, 3.05) is 14.2 Å². The van der Waals surface area contributed by atoms with Crippen molar-refractivity contribution in [1.82, 2.24) is 10.3 Å². The molecule has 4 heteroatoms. The summed E-state index contributed by atoms with van der Waals surface area (Å²) in [6, 6.07) is 11.1. The Morgan fingerprint density at radius 3 is 2.58 bits per heavy atom. The Kier molecular flexibility index (Phi) is 5.11. The van der Waals surface area contributed by atoms with Gasteiger partial charge in [0.2, 0.25) is 0 Å². The summed E-state index contributed by atoms with van der Waals surface area (Å²) in [5.41, 5.74) is 2.62. The van der Waals surface area contributed by atoms with Crippen LogP contribution in [0.4, 0.5) is 0 Å². The van der Waals surface area contributed by atoms with Crippen LogP contribution in [-0.4, -0.2) is 25.2 Å². The minimum Gasteiger partial charge on any atom is -0.493 e. The lowest BCUT2D eigenvalue weighted by Crippen LogP contribution is -2.57. The Labute approximate surface area is 155 Å². The molecule has 1 heterocycles. The van der Waals surface area contributed by atoms with Gasteiger partial charge in [0.25, 0.3) is 0 Å². The summed E-state index contributed by atoms with van der Waals surface area (Å²) in [6.45, 7) is 0.880. The highest BCUT2D eigenvalue weighted by Gasteiger charge is 2.51. The number of aromatic nitrogens is 1. The van der Waals surface area contributed by atoms with E-state index in [2.05, 4.69) is 28.5 Å². The molecule has 4 rings (SSSR count). The van der Waals surface area contributed by atoms with E-state index in [1.165, 1.54) is 36.8 Å². The molecule has 4 nitrogen and oxygen atoms in total. The number of benzene rings is 1. The van der Waals surface area contributed by atoms with E-state index in [9.17, 15) is 0 Å². The molecule has 2 aliphatic rings. The molecule has 1 N–H and O–H groups in total. The number of ether oxygens (including phenoxy) is 2. The summed E-state index contributed by atoms with van der Waals surface area (Å²) in [5, 5.41) is 3.84. The summed E-state index contributed by atoms with van der Waals surface area (Å²) in [7, 11) is 3.40. The van der Waals surface area contributed by atoms with E-state index >= 15 is 0 Å². The number of pyridine rings is 1. The Balaban J connectivity index is 1.55. The van der Waals surface area contributed by atoms with Crippen LogP contribution in [0.25, 0.3) is 0 Å². The topological polar surface area (TPSA) is 43.4 Å². The number of hydrogen-bond acceptors (Lipinski definition) is 4. The van der Waals surface area contributed by atoms with Gasteiger partial charge in [-0.15, -0.1) is 0 Å². The van der Waals surface area contributed by atoms with Gasteiger partial charge in [-0.05, 0) is 54.0 Å². The van der Waals surface area contributed by atoms with Crippen LogP contribution < -0.4 is 14.8 Å². The first-order valence-electron chi connectivity index (χ1n) is 9.66. The van der Waals surface area contributed by atoms with Crippen LogP contribution in [0.15, 0.2) is 42.7 Å². The summed E-state index contributed by atoms with van der Waals surface area (Å²) in [4.78, 5) is 4.24. The highest BCUT2D eigenvalue weighted by Crippen LogP contribution is 2.55. The number of rotatable bonds is 6. The van der Waals surface area contributed by atoms with Crippen molar-refractivity contribution in [2.45, 2.75) is 44.2 Å². The van der Waals surface area contributed by atoms with Crippen molar-refractivity contribution >= 4 is 0 Å². The first-order valence-corrected chi connectivity index (χ1v) is 9.66. The van der Waals surface area contributed by atoms with Crippen molar-refractivity contribution in [3.05, 3.63) is 53.9 Å². The van der Waals surface area contributed by atoms with Gasteiger partial charge in [0, 0.05) is 30.9 Å². The lowest BCUT2D eigenvalue weighted by molar-refractivity contribution is 0.0253. The molecule has 0 unspecified atom stereocenters. The molecule has 138 valence electrons. The van der Waals surface area contributed by atoms with Crippen molar-refractivity contribution in [1.29, 1.82) is 0 Å². The molecular formula is C22H28N2O2. The second kappa shape index (κ2) is 7.67. The quantitative estimate of drug-likeness (QED) is 0.848. The molecule has 0 radical (unpaired) electrons. The van der Waals surface area contributed by atoms with Crippen molar-refractivity contribution in [3.8, 4) is 11.5 Å². The third-order valence-corrected chi connectivity index (χ3v) is 6.24. The first kappa shape index (κ1) is 17.3. The molecule has 2 aromatic rings. The molecule has 0 aliphatic heterocycles. The smallest absolute Gasteiger partial charge is 0.160 e. The fourth-order valence-electron chi connectivity index (χ4n) is 5.00. The van der Waals surface area contributed by atoms with Gasteiger partial charge in [-0.2, -0.15) is 0 Å². The third-order valence-electron chi connectivity index (χ3n) is 6.24. The highest BCUT2D eigenvalue weighted by atomic mass is 16.5. The Morgan fingerprint density at radius 1 is 1.04 bits per heavy atom. The zero-order chi connectivity index (χ0) is 17.9. The van der Waals surface area contributed by atoms with E-state index in [1.807, 2.05) is 24.5 Å². The number of hydrogen-bond donors (Lipinski definition) is 1. The van der Waals surface area contributed by atoms with E-state index < -0.39 is 0 Å².